The van der Waals surface area contributed by atoms with Gasteiger partial charge >= 0.3 is 12.1 Å². The van der Waals surface area contributed by atoms with Gasteiger partial charge in [0.1, 0.15) is 11.7 Å². The molecule has 6 rings (SSSR count). The van der Waals surface area contributed by atoms with Crippen molar-refractivity contribution < 1.29 is 37.0 Å². The summed E-state index contributed by atoms with van der Waals surface area (Å²) < 4.78 is 58.3. The van der Waals surface area contributed by atoms with Gasteiger partial charge in [-0.15, -0.1) is 0 Å². The summed E-state index contributed by atoms with van der Waals surface area (Å²) in [7, 11) is 3.69. The molecule has 2 bridgehead atoms. The number of nitrogens with zero attached hydrogens (tertiary/aromatic N) is 2. The molecule has 2 aromatic carbocycles. The molecule has 44 heavy (non-hydrogen) atoms. The lowest BCUT2D eigenvalue weighted by atomic mass is 9.48. The number of likely N-dealkylation sites (N-methyl/N-ethyl adjacent to an activating group) is 1. The maximum absolute atomic E-state index is 14.0. The van der Waals surface area contributed by atoms with Crippen LogP contribution in [0.2, 0.25) is 0 Å². The van der Waals surface area contributed by atoms with Gasteiger partial charge in [0.05, 0.1) is 30.2 Å². The fourth-order valence-electron chi connectivity index (χ4n) is 8.46. The van der Waals surface area contributed by atoms with Crippen LogP contribution in [0.3, 0.4) is 0 Å². The summed E-state index contributed by atoms with van der Waals surface area (Å²) in [5, 5.41) is 0. The van der Waals surface area contributed by atoms with Crippen LogP contribution in [0, 0.1) is 5.92 Å². The summed E-state index contributed by atoms with van der Waals surface area (Å²) in [6.07, 6.45) is 0.589. The van der Waals surface area contributed by atoms with Gasteiger partial charge in [-0.25, -0.2) is 0 Å². The molecule has 4 aliphatic rings. The van der Waals surface area contributed by atoms with Crippen molar-refractivity contribution >= 4 is 18.0 Å². The van der Waals surface area contributed by atoms with Crippen LogP contribution in [0.1, 0.15) is 62.3 Å². The number of amides is 1. The minimum atomic E-state index is -4.43. The number of halogens is 3. The van der Waals surface area contributed by atoms with E-state index in [1.165, 1.54) is 25.1 Å². The first-order chi connectivity index (χ1) is 20.8. The van der Waals surface area contributed by atoms with Crippen molar-refractivity contribution in [2.24, 2.45) is 5.92 Å². The predicted molar refractivity (Wildman–Crippen MR) is 158 cm³/mol. The zero-order valence-corrected chi connectivity index (χ0v) is 25.7. The van der Waals surface area contributed by atoms with Gasteiger partial charge in [-0.3, -0.25) is 14.5 Å². The quantitative estimate of drug-likeness (QED) is 0.298. The van der Waals surface area contributed by atoms with Crippen LogP contribution in [-0.4, -0.2) is 72.7 Å². The van der Waals surface area contributed by atoms with Gasteiger partial charge in [0.25, 0.3) is 0 Å². The van der Waals surface area contributed by atoms with Crippen LogP contribution in [0.4, 0.5) is 13.2 Å². The number of piperidine rings is 1. The average molecular weight is 613 g/mol. The van der Waals surface area contributed by atoms with Gasteiger partial charge in [-0.05, 0) is 80.6 Å². The zero-order chi connectivity index (χ0) is 31.6. The van der Waals surface area contributed by atoms with Gasteiger partial charge in [0.15, 0.2) is 11.5 Å². The molecule has 1 amide bonds. The summed E-state index contributed by atoms with van der Waals surface area (Å²) in [4.78, 5) is 30.9. The molecule has 0 unspecified atom stereocenters. The summed E-state index contributed by atoms with van der Waals surface area (Å²) in [6, 6.07) is 8.37. The number of benzene rings is 2. The van der Waals surface area contributed by atoms with Gasteiger partial charge < -0.3 is 19.1 Å². The SMILES string of the molecule is COc1ccc2c3c1O[C@H]1[C@H](N(CC(C)C)C(=O)C=Cc4ccc(C(F)(F)F)cc4)CC[C@@]4(OC(C)=O)[C@@H](C2)N(C)CC[C@]314. The molecule has 5 atom stereocenters. The second kappa shape index (κ2) is 10.8. The van der Waals surface area contributed by atoms with Crippen molar-refractivity contribution in [2.75, 3.05) is 27.2 Å². The first kappa shape index (κ1) is 30.5. The van der Waals surface area contributed by atoms with Crippen LogP contribution >= 0.6 is 0 Å². The Kier molecular flexibility index (Phi) is 7.50. The number of hydrogen-bond donors (Lipinski definition) is 0. The Bertz CT molecular complexity index is 1490. The first-order valence-electron chi connectivity index (χ1n) is 15.2. The highest BCUT2D eigenvalue weighted by Gasteiger charge is 2.75. The Morgan fingerprint density at radius 3 is 2.52 bits per heavy atom. The number of likely N-dealkylation sites (tertiary alicyclic amines) is 1. The van der Waals surface area contributed by atoms with Crippen LogP contribution in [0.5, 0.6) is 11.5 Å². The fourth-order valence-corrected chi connectivity index (χ4v) is 8.46. The number of hydrogen-bond acceptors (Lipinski definition) is 6. The highest BCUT2D eigenvalue weighted by atomic mass is 19.4. The van der Waals surface area contributed by atoms with Gasteiger partial charge in [0, 0.05) is 25.1 Å². The zero-order valence-electron chi connectivity index (χ0n) is 25.7. The molecule has 0 N–H and O–H groups in total. The molecule has 1 saturated carbocycles. The topological polar surface area (TPSA) is 68.3 Å². The lowest BCUT2D eigenvalue weighted by Gasteiger charge is -2.65. The van der Waals surface area contributed by atoms with E-state index in [4.69, 9.17) is 14.2 Å². The van der Waals surface area contributed by atoms with Crippen LogP contribution < -0.4 is 9.47 Å². The van der Waals surface area contributed by atoms with E-state index in [0.717, 1.165) is 29.8 Å². The average Bonchev–Trinajstić information content (AvgIpc) is 3.32. The maximum atomic E-state index is 14.0. The second-order valence-electron chi connectivity index (χ2n) is 13.0. The van der Waals surface area contributed by atoms with Crippen LogP contribution in [0.25, 0.3) is 6.08 Å². The molecule has 2 heterocycles. The van der Waals surface area contributed by atoms with Gasteiger partial charge in [-0.1, -0.05) is 32.0 Å². The minimum Gasteiger partial charge on any atom is -0.493 e. The van der Waals surface area contributed by atoms with E-state index in [1.54, 1.807) is 13.2 Å². The summed E-state index contributed by atoms with van der Waals surface area (Å²) >= 11 is 0. The fraction of sp³-hybridized carbons (Fsp3) is 0.529. The van der Waals surface area contributed by atoms with E-state index in [2.05, 4.69) is 18.0 Å². The van der Waals surface area contributed by atoms with E-state index < -0.39 is 28.9 Å². The number of alkyl halides is 3. The number of esters is 1. The lowest BCUT2D eigenvalue weighted by Crippen LogP contribution is -2.79. The normalized spacial score (nSPS) is 28.9. The largest absolute Gasteiger partial charge is 0.493 e. The molecule has 2 aliphatic carbocycles. The van der Waals surface area contributed by atoms with Crippen molar-refractivity contribution in [1.82, 2.24) is 9.80 Å². The molecule has 7 nitrogen and oxygen atoms in total. The van der Waals surface area contributed by atoms with Gasteiger partial charge in [0.2, 0.25) is 5.91 Å². The first-order valence-corrected chi connectivity index (χ1v) is 15.2. The molecule has 10 heteroatoms. The van der Waals surface area contributed by atoms with Crippen molar-refractivity contribution in [2.45, 2.75) is 81.8 Å². The number of ether oxygens (including phenoxy) is 3. The highest BCUT2D eigenvalue weighted by Crippen LogP contribution is 2.67. The molecule has 236 valence electrons. The second-order valence-corrected chi connectivity index (χ2v) is 13.0. The van der Waals surface area contributed by atoms with Crippen molar-refractivity contribution in [1.29, 1.82) is 0 Å². The van der Waals surface area contributed by atoms with Crippen molar-refractivity contribution in [3.8, 4) is 11.5 Å². The number of carbonyl (C=O) groups excluding carboxylic acids is 2. The van der Waals surface area contributed by atoms with E-state index >= 15 is 0 Å². The maximum Gasteiger partial charge on any atom is 0.416 e. The third-order valence-electron chi connectivity index (χ3n) is 10.1. The van der Waals surface area contributed by atoms with Crippen molar-refractivity contribution in [3.05, 3.63) is 64.7 Å². The Morgan fingerprint density at radius 2 is 1.89 bits per heavy atom. The molecule has 2 aromatic rings. The molecule has 1 saturated heterocycles. The molecular formula is C34H39F3N2O5. The number of methoxy groups -OCH3 is 1. The van der Waals surface area contributed by atoms with E-state index in [-0.39, 0.29) is 29.9 Å². The monoisotopic (exact) mass is 612 g/mol. The van der Waals surface area contributed by atoms with Crippen LogP contribution in [0.15, 0.2) is 42.5 Å². The molecule has 2 fully saturated rings. The number of carbonyl (C=O) groups is 2. The van der Waals surface area contributed by atoms with E-state index in [9.17, 15) is 22.8 Å². The Balaban J connectivity index is 1.42. The predicted octanol–water partition coefficient (Wildman–Crippen LogP) is 5.64. The lowest BCUT2D eigenvalue weighted by molar-refractivity contribution is -0.221. The van der Waals surface area contributed by atoms with E-state index in [0.29, 0.717) is 49.3 Å². The smallest absolute Gasteiger partial charge is 0.416 e. The standard InChI is InChI=1S/C34H39F3N2O5/c1-20(2)19-39(28(41)13-8-22-6-10-24(11-7-22)34(35,36)37)25-14-15-33(44-21(3)40)27-18-23-9-12-26(42-5)30-29(23)32(33,31(25)43-30)16-17-38(27)4/h6-13,20,25,27,31H,14-19H2,1-5H3/t25-,27-,31+,32+,33-/m1/s1. The minimum absolute atomic E-state index is 0.0483. The van der Waals surface area contributed by atoms with Crippen molar-refractivity contribution in [3.63, 3.8) is 0 Å². The Labute approximate surface area is 255 Å². The summed E-state index contributed by atoms with van der Waals surface area (Å²) in [6.45, 7) is 6.79. The molecular weight excluding hydrogens is 573 g/mol. The van der Waals surface area contributed by atoms with Crippen LogP contribution in [-0.2, 0) is 32.3 Å². The Morgan fingerprint density at radius 1 is 1.16 bits per heavy atom. The van der Waals surface area contributed by atoms with Gasteiger partial charge in [-0.2, -0.15) is 13.2 Å². The number of rotatable bonds is 7. The molecule has 2 aliphatic heterocycles. The summed E-state index contributed by atoms with van der Waals surface area (Å²) in [5.74, 6) is 0.841. The molecule has 0 radical (unpaired) electrons. The highest BCUT2D eigenvalue weighted by molar-refractivity contribution is 5.92. The molecule has 0 aromatic heterocycles. The van der Waals surface area contributed by atoms with E-state index in [1.807, 2.05) is 24.8 Å². The Hall–Kier alpha value is -3.53. The third-order valence-corrected chi connectivity index (χ3v) is 10.1. The third kappa shape index (κ3) is 4.59. The summed E-state index contributed by atoms with van der Waals surface area (Å²) in [5.41, 5.74) is 0.429. The molecule has 1 spiro atoms.